The lowest BCUT2D eigenvalue weighted by Gasteiger charge is -2.54. The molecule has 0 bridgehead atoms. The molecule has 0 aromatic rings. The zero-order valence-corrected chi connectivity index (χ0v) is 19.0. The molecule has 3 heteroatoms. The standard InChI is InChI=1S/C18H42OSi2/c1-13-17(5,6)18(7,16(2,3)4)14-15-21(11,12)19-20(8,9)10/h13-15H2,1-12H3. The highest BCUT2D eigenvalue weighted by Crippen LogP contribution is 2.56. The first-order valence-electron chi connectivity index (χ1n) is 8.68. The van der Waals surface area contributed by atoms with E-state index in [2.05, 4.69) is 81.2 Å². The fourth-order valence-electron chi connectivity index (χ4n) is 3.55. The van der Waals surface area contributed by atoms with E-state index in [4.69, 9.17) is 4.12 Å². The van der Waals surface area contributed by atoms with Crippen LogP contribution in [0.3, 0.4) is 0 Å². The molecule has 0 heterocycles. The molecule has 1 atom stereocenters. The van der Waals surface area contributed by atoms with Crippen molar-refractivity contribution < 1.29 is 4.12 Å². The van der Waals surface area contributed by atoms with Gasteiger partial charge in [-0.3, -0.25) is 0 Å². The maximum absolute atomic E-state index is 6.56. The first-order valence-corrected chi connectivity index (χ1v) is 15.2. The van der Waals surface area contributed by atoms with E-state index >= 15 is 0 Å². The first-order chi connectivity index (χ1) is 8.97. The molecule has 0 spiro atoms. The highest BCUT2D eigenvalue weighted by atomic mass is 28.4. The summed E-state index contributed by atoms with van der Waals surface area (Å²) in [7, 11) is -2.98. The Morgan fingerprint density at radius 3 is 1.52 bits per heavy atom. The lowest BCUT2D eigenvalue weighted by molar-refractivity contribution is -0.0323. The SMILES string of the molecule is CCC(C)(C)C(C)(CC[Si](C)(C)O[Si](C)(C)C)C(C)(C)C. The minimum atomic E-state index is -1.56. The van der Waals surface area contributed by atoms with Gasteiger partial charge in [-0.2, -0.15) is 0 Å². The van der Waals surface area contributed by atoms with E-state index in [9.17, 15) is 0 Å². The van der Waals surface area contributed by atoms with E-state index in [0.29, 0.717) is 16.2 Å². The van der Waals surface area contributed by atoms with Gasteiger partial charge in [0, 0.05) is 0 Å². The van der Waals surface area contributed by atoms with Gasteiger partial charge in [0.15, 0.2) is 16.6 Å². The summed E-state index contributed by atoms with van der Waals surface area (Å²) in [6.45, 7) is 28.8. The van der Waals surface area contributed by atoms with Gasteiger partial charge in [-0.05, 0) is 61.4 Å². The number of hydrogen-bond donors (Lipinski definition) is 0. The molecular formula is C18H42OSi2. The summed E-state index contributed by atoms with van der Waals surface area (Å²) in [5.74, 6) is 0. The van der Waals surface area contributed by atoms with Crippen molar-refractivity contribution in [2.45, 2.75) is 100 Å². The predicted molar refractivity (Wildman–Crippen MR) is 103 cm³/mol. The van der Waals surface area contributed by atoms with Gasteiger partial charge in [0.1, 0.15) is 0 Å². The van der Waals surface area contributed by atoms with E-state index in [1.165, 1.54) is 18.9 Å². The van der Waals surface area contributed by atoms with Crippen molar-refractivity contribution in [3.05, 3.63) is 0 Å². The van der Waals surface area contributed by atoms with Gasteiger partial charge in [0.05, 0.1) is 0 Å². The molecule has 0 aromatic heterocycles. The minimum absolute atomic E-state index is 0.316. The molecule has 0 aromatic carbocycles. The molecular weight excluding hydrogens is 288 g/mol. The van der Waals surface area contributed by atoms with Crippen LogP contribution in [0.25, 0.3) is 0 Å². The average molecular weight is 331 g/mol. The molecule has 0 radical (unpaired) electrons. The Labute approximate surface area is 137 Å². The summed E-state index contributed by atoms with van der Waals surface area (Å²) in [6, 6.07) is 1.27. The third-order valence-electron chi connectivity index (χ3n) is 5.84. The van der Waals surface area contributed by atoms with E-state index in [-0.39, 0.29) is 0 Å². The maximum atomic E-state index is 6.56. The predicted octanol–water partition coefficient (Wildman–Crippen LogP) is 6.92. The van der Waals surface area contributed by atoms with Crippen molar-refractivity contribution in [2.75, 3.05) is 0 Å². The largest absolute Gasteiger partial charge is 0.456 e. The van der Waals surface area contributed by atoms with Gasteiger partial charge in [-0.25, -0.2) is 0 Å². The van der Waals surface area contributed by atoms with Gasteiger partial charge in [-0.1, -0.05) is 54.9 Å². The summed E-state index contributed by atoms with van der Waals surface area (Å²) in [6.07, 6.45) is 2.51. The number of hydrogen-bond acceptors (Lipinski definition) is 1. The van der Waals surface area contributed by atoms with E-state index in [1.54, 1.807) is 0 Å². The Bertz CT molecular complexity index is 334. The molecule has 0 rings (SSSR count). The molecule has 1 nitrogen and oxygen atoms in total. The van der Waals surface area contributed by atoms with Gasteiger partial charge in [0.2, 0.25) is 0 Å². The van der Waals surface area contributed by atoms with E-state index < -0.39 is 16.6 Å². The molecule has 1 unspecified atom stereocenters. The van der Waals surface area contributed by atoms with Crippen LogP contribution >= 0.6 is 0 Å². The van der Waals surface area contributed by atoms with Crippen molar-refractivity contribution in [3.8, 4) is 0 Å². The van der Waals surface area contributed by atoms with Crippen molar-refractivity contribution in [3.63, 3.8) is 0 Å². The van der Waals surface area contributed by atoms with Crippen molar-refractivity contribution in [1.29, 1.82) is 0 Å². The Hall–Kier alpha value is 0.394. The Balaban J connectivity index is 5.21. The molecule has 0 aliphatic heterocycles. The lowest BCUT2D eigenvalue weighted by atomic mass is 9.52. The Morgan fingerprint density at radius 1 is 0.810 bits per heavy atom. The Morgan fingerprint density at radius 2 is 1.24 bits per heavy atom. The Kier molecular flexibility index (Phi) is 6.61. The number of rotatable bonds is 7. The van der Waals surface area contributed by atoms with Crippen LogP contribution in [0.4, 0.5) is 0 Å². The summed E-state index contributed by atoms with van der Waals surface area (Å²) < 4.78 is 6.56. The molecule has 0 N–H and O–H groups in total. The normalized spacial score (nSPS) is 17.7. The first kappa shape index (κ1) is 21.4. The van der Waals surface area contributed by atoms with Crippen LogP contribution < -0.4 is 0 Å². The van der Waals surface area contributed by atoms with Crippen LogP contribution in [0.2, 0.25) is 38.8 Å². The third kappa shape index (κ3) is 5.83. The molecule has 0 saturated carbocycles. The van der Waals surface area contributed by atoms with Gasteiger partial charge < -0.3 is 4.12 Å². The van der Waals surface area contributed by atoms with E-state index in [1.807, 2.05) is 0 Å². The second kappa shape index (κ2) is 6.48. The fourth-order valence-corrected chi connectivity index (χ4v) is 11.7. The molecule has 21 heavy (non-hydrogen) atoms. The summed E-state index contributed by atoms with van der Waals surface area (Å²) in [4.78, 5) is 0. The smallest absolute Gasteiger partial charge is 0.173 e. The molecule has 128 valence electrons. The third-order valence-corrected chi connectivity index (χ3v) is 12.0. The monoisotopic (exact) mass is 330 g/mol. The molecule has 0 aliphatic carbocycles. The highest BCUT2D eigenvalue weighted by molar-refractivity contribution is 6.84. The van der Waals surface area contributed by atoms with Crippen LogP contribution in [-0.2, 0) is 4.12 Å². The van der Waals surface area contributed by atoms with Crippen LogP contribution in [-0.4, -0.2) is 16.6 Å². The molecule has 0 aliphatic rings. The minimum Gasteiger partial charge on any atom is -0.456 e. The molecule has 0 saturated heterocycles. The van der Waals surface area contributed by atoms with Crippen molar-refractivity contribution in [1.82, 2.24) is 0 Å². The second-order valence-electron chi connectivity index (χ2n) is 10.3. The zero-order valence-electron chi connectivity index (χ0n) is 17.0. The van der Waals surface area contributed by atoms with Crippen molar-refractivity contribution >= 4 is 16.6 Å². The van der Waals surface area contributed by atoms with Crippen LogP contribution in [0, 0.1) is 16.2 Å². The van der Waals surface area contributed by atoms with Gasteiger partial charge in [0.25, 0.3) is 0 Å². The van der Waals surface area contributed by atoms with Crippen LogP contribution in [0.5, 0.6) is 0 Å². The van der Waals surface area contributed by atoms with Crippen LogP contribution in [0.1, 0.15) is 61.3 Å². The van der Waals surface area contributed by atoms with E-state index in [0.717, 1.165) is 0 Å². The topological polar surface area (TPSA) is 9.23 Å². The maximum Gasteiger partial charge on any atom is 0.173 e. The quantitative estimate of drug-likeness (QED) is 0.460. The molecule has 0 amide bonds. The fraction of sp³-hybridized carbons (Fsp3) is 1.00. The van der Waals surface area contributed by atoms with Crippen LogP contribution in [0.15, 0.2) is 0 Å². The summed E-state index contributed by atoms with van der Waals surface area (Å²) in [5.41, 5.74) is 1.01. The lowest BCUT2D eigenvalue weighted by Crippen LogP contribution is -2.48. The van der Waals surface area contributed by atoms with Gasteiger partial charge in [-0.15, -0.1) is 0 Å². The highest BCUT2D eigenvalue weighted by Gasteiger charge is 2.48. The summed E-state index contributed by atoms with van der Waals surface area (Å²) in [5, 5.41) is 0. The van der Waals surface area contributed by atoms with Gasteiger partial charge >= 0.3 is 0 Å². The average Bonchev–Trinajstić information content (AvgIpc) is 2.20. The second-order valence-corrected chi connectivity index (χ2v) is 19.4. The van der Waals surface area contributed by atoms with Crippen molar-refractivity contribution in [2.24, 2.45) is 16.2 Å². The summed E-state index contributed by atoms with van der Waals surface area (Å²) >= 11 is 0. The zero-order chi connectivity index (χ0) is 17.3. The molecule has 0 fully saturated rings.